The van der Waals surface area contributed by atoms with Crippen LogP contribution in [0.4, 0.5) is 4.79 Å². The van der Waals surface area contributed by atoms with Gasteiger partial charge in [-0.15, -0.1) is 0 Å². The highest BCUT2D eigenvalue weighted by atomic mass is 16.6. The molecule has 2 amide bonds. The molecule has 0 saturated heterocycles. The molecule has 144 valence electrons. The van der Waals surface area contributed by atoms with Crippen molar-refractivity contribution in [3.8, 4) is 0 Å². The Labute approximate surface area is 155 Å². The standard InChI is InChI=1S/C20H30N2O4/c1-5-6-12-16(14-23)21-18(24)17(13-15-10-8-7-9-11-15)22-19(25)26-20(2,3)4/h7-11,14,16-17H,5-6,12-13H2,1-4H3,(H,21,24)(H,22,25). The molecule has 1 aromatic carbocycles. The molecule has 6 heteroatoms. The van der Waals surface area contributed by atoms with Crippen molar-refractivity contribution in [2.24, 2.45) is 0 Å². The molecule has 0 bridgehead atoms. The van der Waals surface area contributed by atoms with Crippen LogP contribution in [0.15, 0.2) is 30.3 Å². The molecular weight excluding hydrogens is 332 g/mol. The van der Waals surface area contributed by atoms with Crippen molar-refractivity contribution in [2.45, 2.75) is 71.1 Å². The minimum absolute atomic E-state index is 0.311. The third-order valence-electron chi connectivity index (χ3n) is 3.65. The van der Waals surface area contributed by atoms with Gasteiger partial charge in [0.25, 0.3) is 0 Å². The molecule has 26 heavy (non-hydrogen) atoms. The van der Waals surface area contributed by atoms with E-state index < -0.39 is 29.7 Å². The third kappa shape index (κ3) is 8.65. The summed E-state index contributed by atoms with van der Waals surface area (Å²) >= 11 is 0. The van der Waals surface area contributed by atoms with Crippen LogP contribution >= 0.6 is 0 Å². The predicted molar refractivity (Wildman–Crippen MR) is 101 cm³/mol. The fraction of sp³-hybridized carbons (Fsp3) is 0.550. The van der Waals surface area contributed by atoms with Crippen LogP contribution in [0.3, 0.4) is 0 Å². The van der Waals surface area contributed by atoms with E-state index in [-0.39, 0.29) is 0 Å². The zero-order chi connectivity index (χ0) is 19.6. The molecule has 0 heterocycles. The molecule has 0 radical (unpaired) electrons. The van der Waals surface area contributed by atoms with Crippen LogP contribution in [0.5, 0.6) is 0 Å². The number of amides is 2. The highest BCUT2D eigenvalue weighted by Gasteiger charge is 2.26. The molecule has 0 saturated carbocycles. The number of benzene rings is 1. The second-order valence-corrected chi connectivity index (χ2v) is 7.28. The van der Waals surface area contributed by atoms with E-state index in [0.29, 0.717) is 12.8 Å². The number of hydrogen-bond donors (Lipinski definition) is 2. The van der Waals surface area contributed by atoms with Gasteiger partial charge in [-0.25, -0.2) is 4.79 Å². The summed E-state index contributed by atoms with van der Waals surface area (Å²) < 4.78 is 5.25. The molecule has 2 atom stereocenters. The number of carbonyl (C=O) groups excluding carboxylic acids is 3. The van der Waals surface area contributed by atoms with Gasteiger partial charge in [-0.3, -0.25) is 4.79 Å². The Morgan fingerprint density at radius 3 is 2.35 bits per heavy atom. The quantitative estimate of drug-likeness (QED) is 0.662. The lowest BCUT2D eigenvalue weighted by Gasteiger charge is -2.24. The molecule has 0 fully saturated rings. The van der Waals surface area contributed by atoms with Gasteiger partial charge in [0, 0.05) is 6.42 Å². The zero-order valence-corrected chi connectivity index (χ0v) is 16.1. The molecule has 1 aromatic rings. The Morgan fingerprint density at radius 1 is 1.15 bits per heavy atom. The number of unbranched alkanes of at least 4 members (excludes halogenated alkanes) is 1. The number of ether oxygens (including phenoxy) is 1. The summed E-state index contributed by atoms with van der Waals surface area (Å²) in [6.45, 7) is 7.29. The first-order valence-corrected chi connectivity index (χ1v) is 9.04. The second kappa shape index (κ2) is 10.6. The van der Waals surface area contributed by atoms with Gasteiger partial charge in [0.1, 0.15) is 17.9 Å². The average molecular weight is 362 g/mol. The summed E-state index contributed by atoms with van der Waals surface area (Å²) in [6, 6.07) is 8.00. The van der Waals surface area contributed by atoms with Crippen molar-refractivity contribution in [1.29, 1.82) is 0 Å². The summed E-state index contributed by atoms with van der Waals surface area (Å²) in [5, 5.41) is 5.33. The van der Waals surface area contributed by atoms with Crippen molar-refractivity contribution in [3.05, 3.63) is 35.9 Å². The van der Waals surface area contributed by atoms with E-state index in [9.17, 15) is 14.4 Å². The normalized spacial score (nSPS) is 13.4. The third-order valence-corrected chi connectivity index (χ3v) is 3.65. The number of carbonyl (C=O) groups is 3. The van der Waals surface area contributed by atoms with Gasteiger partial charge in [-0.1, -0.05) is 50.1 Å². The van der Waals surface area contributed by atoms with Gasteiger partial charge < -0.3 is 20.2 Å². The SMILES string of the molecule is CCCCC(C=O)NC(=O)C(Cc1ccccc1)NC(=O)OC(C)(C)C. The first kappa shape index (κ1) is 21.7. The Hall–Kier alpha value is -2.37. The number of rotatable bonds is 9. The van der Waals surface area contributed by atoms with Crippen LogP contribution in [0, 0.1) is 0 Å². The van der Waals surface area contributed by atoms with E-state index in [1.807, 2.05) is 37.3 Å². The molecule has 2 N–H and O–H groups in total. The Balaban J connectivity index is 2.82. The first-order valence-electron chi connectivity index (χ1n) is 9.04. The lowest BCUT2D eigenvalue weighted by atomic mass is 10.0. The van der Waals surface area contributed by atoms with Crippen LogP contribution in [0.2, 0.25) is 0 Å². The highest BCUT2D eigenvalue weighted by Crippen LogP contribution is 2.09. The van der Waals surface area contributed by atoms with Crippen LogP contribution in [-0.4, -0.2) is 36.0 Å². The molecule has 6 nitrogen and oxygen atoms in total. The highest BCUT2D eigenvalue weighted by molar-refractivity contribution is 5.87. The summed E-state index contributed by atoms with van der Waals surface area (Å²) in [4.78, 5) is 36.0. The maximum atomic E-state index is 12.6. The monoisotopic (exact) mass is 362 g/mol. The number of hydrogen-bond acceptors (Lipinski definition) is 4. The summed E-state index contributed by atoms with van der Waals surface area (Å²) in [5.41, 5.74) is 0.240. The van der Waals surface area contributed by atoms with Gasteiger partial charge in [0.2, 0.25) is 5.91 Å². The maximum Gasteiger partial charge on any atom is 0.408 e. The molecule has 0 aromatic heterocycles. The van der Waals surface area contributed by atoms with Crippen LogP contribution in [0.25, 0.3) is 0 Å². The molecule has 0 aliphatic rings. The average Bonchev–Trinajstić information content (AvgIpc) is 2.57. The smallest absolute Gasteiger partial charge is 0.408 e. The number of aldehydes is 1. The van der Waals surface area contributed by atoms with Gasteiger partial charge in [0.05, 0.1) is 6.04 Å². The molecular formula is C20H30N2O4. The van der Waals surface area contributed by atoms with E-state index in [2.05, 4.69) is 10.6 Å². The van der Waals surface area contributed by atoms with Crippen LogP contribution in [-0.2, 0) is 20.7 Å². The zero-order valence-electron chi connectivity index (χ0n) is 16.1. The maximum absolute atomic E-state index is 12.6. The molecule has 1 rings (SSSR count). The Morgan fingerprint density at radius 2 is 1.81 bits per heavy atom. The van der Waals surface area contributed by atoms with Crippen molar-refractivity contribution >= 4 is 18.3 Å². The first-order chi connectivity index (χ1) is 12.2. The lowest BCUT2D eigenvalue weighted by Crippen LogP contribution is -2.52. The summed E-state index contributed by atoms with van der Waals surface area (Å²) in [5.74, 6) is -0.395. The van der Waals surface area contributed by atoms with Crippen molar-refractivity contribution in [3.63, 3.8) is 0 Å². The largest absolute Gasteiger partial charge is 0.444 e. The topological polar surface area (TPSA) is 84.5 Å². The summed E-state index contributed by atoms with van der Waals surface area (Å²) in [6.07, 6.45) is 2.74. The molecule has 0 aliphatic heterocycles. The van der Waals surface area contributed by atoms with Gasteiger partial charge in [0.15, 0.2) is 0 Å². The van der Waals surface area contributed by atoms with Gasteiger partial charge in [-0.05, 0) is 32.8 Å². The summed E-state index contributed by atoms with van der Waals surface area (Å²) in [7, 11) is 0. The van der Waals surface area contributed by atoms with Crippen molar-refractivity contribution in [2.75, 3.05) is 0 Å². The van der Waals surface area contributed by atoms with E-state index in [4.69, 9.17) is 4.74 Å². The Bertz CT molecular complexity index is 581. The number of nitrogens with one attached hydrogen (secondary N) is 2. The van der Waals surface area contributed by atoms with Gasteiger partial charge in [-0.2, -0.15) is 0 Å². The van der Waals surface area contributed by atoms with Crippen LogP contribution < -0.4 is 10.6 Å². The van der Waals surface area contributed by atoms with E-state index in [1.165, 1.54) is 0 Å². The van der Waals surface area contributed by atoms with Crippen molar-refractivity contribution < 1.29 is 19.1 Å². The Kier molecular flexibility index (Phi) is 8.82. The minimum Gasteiger partial charge on any atom is -0.444 e. The van der Waals surface area contributed by atoms with E-state index in [0.717, 1.165) is 24.7 Å². The molecule has 0 aliphatic carbocycles. The van der Waals surface area contributed by atoms with Crippen molar-refractivity contribution in [1.82, 2.24) is 10.6 Å². The molecule has 2 unspecified atom stereocenters. The second-order valence-electron chi connectivity index (χ2n) is 7.28. The predicted octanol–water partition coefficient (Wildman–Crippen LogP) is 3.00. The molecule has 0 spiro atoms. The lowest BCUT2D eigenvalue weighted by molar-refractivity contribution is -0.125. The van der Waals surface area contributed by atoms with Crippen LogP contribution in [0.1, 0.15) is 52.5 Å². The van der Waals surface area contributed by atoms with E-state index in [1.54, 1.807) is 20.8 Å². The van der Waals surface area contributed by atoms with Gasteiger partial charge >= 0.3 is 6.09 Å². The van der Waals surface area contributed by atoms with E-state index >= 15 is 0 Å². The fourth-order valence-corrected chi connectivity index (χ4v) is 2.39. The number of alkyl carbamates (subject to hydrolysis) is 1. The fourth-order valence-electron chi connectivity index (χ4n) is 2.39. The minimum atomic E-state index is -0.823.